The van der Waals surface area contributed by atoms with Crippen LogP contribution in [0, 0.1) is 0 Å². The highest BCUT2D eigenvalue weighted by Gasteiger charge is 2.36. The van der Waals surface area contributed by atoms with Crippen LogP contribution in [0.4, 0.5) is 0 Å². The molecule has 0 fully saturated rings. The number of hydrogen-bond donors (Lipinski definition) is 0. The summed E-state index contributed by atoms with van der Waals surface area (Å²) in [4.78, 5) is 24.9. The monoisotopic (exact) mass is 522 g/mol. The molecule has 38 heavy (non-hydrogen) atoms. The van der Waals surface area contributed by atoms with Gasteiger partial charge in [0.1, 0.15) is 5.78 Å². The second-order valence-electron chi connectivity index (χ2n) is 10.5. The van der Waals surface area contributed by atoms with E-state index in [1.165, 1.54) is 24.8 Å². The Bertz CT molecular complexity index is 895. The molecule has 0 N–H and O–H groups in total. The molecule has 0 aliphatic heterocycles. The summed E-state index contributed by atoms with van der Waals surface area (Å²) >= 11 is 0. The summed E-state index contributed by atoms with van der Waals surface area (Å²) in [6.07, 6.45) is 12.8. The second-order valence-corrected chi connectivity index (χ2v) is 10.5. The number of unbranched alkanes of at least 4 members (excludes halogenated alkanes) is 5. The predicted octanol–water partition coefficient (Wildman–Crippen LogP) is 8.75. The minimum absolute atomic E-state index is 0.113. The summed E-state index contributed by atoms with van der Waals surface area (Å²) in [5.41, 5.74) is 1.88. The van der Waals surface area contributed by atoms with Gasteiger partial charge in [-0.2, -0.15) is 0 Å². The lowest BCUT2D eigenvalue weighted by molar-refractivity contribution is -0.143. The van der Waals surface area contributed by atoms with Crippen LogP contribution >= 0.6 is 0 Å². The molecule has 2 aromatic carbocycles. The topological polar surface area (TPSA) is 52.6 Å². The number of esters is 1. The Morgan fingerprint density at radius 3 is 2.05 bits per heavy atom. The van der Waals surface area contributed by atoms with E-state index in [-0.39, 0.29) is 17.9 Å². The van der Waals surface area contributed by atoms with Crippen molar-refractivity contribution in [2.45, 2.75) is 122 Å². The average molecular weight is 523 g/mol. The smallest absolute Gasteiger partial charge is 0.305 e. The number of hydrogen-bond acceptors (Lipinski definition) is 4. The molecule has 4 heteroatoms. The minimum Gasteiger partial charge on any atom is -0.466 e. The van der Waals surface area contributed by atoms with E-state index in [9.17, 15) is 9.59 Å². The number of rotatable bonds is 21. The number of ketones is 1. The Morgan fingerprint density at radius 1 is 0.763 bits per heavy atom. The van der Waals surface area contributed by atoms with Crippen molar-refractivity contribution in [3.8, 4) is 0 Å². The lowest BCUT2D eigenvalue weighted by Crippen LogP contribution is -2.34. The van der Waals surface area contributed by atoms with Crippen LogP contribution in [0.15, 0.2) is 60.7 Å². The molecule has 0 aromatic heterocycles. The fourth-order valence-corrected chi connectivity index (χ4v) is 5.36. The first-order chi connectivity index (χ1) is 18.5. The lowest BCUT2D eigenvalue weighted by atomic mass is 9.70. The molecule has 0 spiro atoms. The van der Waals surface area contributed by atoms with E-state index in [1.54, 1.807) is 6.92 Å². The zero-order chi connectivity index (χ0) is 27.5. The summed E-state index contributed by atoms with van der Waals surface area (Å²) in [5.74, 6) is 0.140. The van der Waals surface area contributed by atoms with Gasteiger partial charge in [-0.15, -0.1) is 0 Å². The van der Waals surface area contributed by atoms with Gasteiger partial charge in [0.25, 0.3) is 0 Å². The molecule has 2 rings (SSSR count). The fraction of sp³-hybridized carbons (Fsp3) is 0.588. The third-order valence-electron chi connectivity index (χ3n) is 7.63. The molecular weight excluding hydrogens is 472 g/mol. The van der Waals surface area contributed by atoms with Gasteiger partial charge in [-0.25, -0.2) is 0 Å². The Labute approximate surface area is 231 Å². The Morgan fingerprint density at radius 2 is 1.39 bits per heavy atom. The van der Waals surface area contributed by atoms with Crippen LogP contribution in [0.5, 0.6) is 0 Å². The Hall–Kier alpha value is -2.46. The number of benzene rings is 2. The normalized spacial score (nSPS) is 13.6. The molecule has 0 heterocycles. The number of carbonyl (C=O) groups excluding carboxylic acids is 2. The van der Waals surface area contributed by atoms with Gasteiger partial charge in [0.05, 0.1) is 24.7 Å². The molecule has 210 valence electrons. The maximum absolute atomic E-state index is 13.3. The molecule has 4 nitrogen and oxygen atoms in total. The van der Waals surface area contributed by atoms with Crippen LogP contribution in [0.3, 0.4) is 0 Å². The van der Waals surface area contributed by atoms with Crippen LogP contribution in [0.1, 0.15) is 115 Å². The highest BCUT2D eigenvalue weighted by Crippen LogP contribution is 2.37. The Balaban J connectivity index is 1.99. The minimum atomic E-state index is -0.463. The lowest BCUT2D eigenvalue weighted by Gasteiger charge is -2.33. The molecule has 0 bridgehead atoms. The zero-order valence-electron chi connectivity index (χ0n) is 24.1. The Kier molecular flexibility index (Phi) is 15.7. The van der Waals surface area contributed by atoms with Gasteiger partial charge in [0, 0.05) is 6.42 Å². The fourth-order valence-electron chi connectivity index (χ4n) is 5.36. The summed E-state index contributed by atoms with van der Waals surface area (Å²) < 4.78 is 11.4. The van der Waals surface area contributed by atoms with Gasteiger partial charge in [-0.1, -0.05) is 106 Å². The number of carbonyl (C=O) groups is 2. The van der Waals surface area contributed by atoms with Crippen molar-refractivity contribution in [3.05, 3.63) is 71.8 Å². The van der Waals surface area contributed by atoms with Crippen molar-refractivity contribution in [1.29, 1.82) is 0 Å². The first-order valence-electron chi connectivity index (χ1n) is 14.9. The molecular formula is C34H50O4. The standard InChI is InChI=1S/C34H50O4/c1-4-6-11-23-32(38-28-30-19-12-9-13-20-30)24-18-27-34(29(3)35,31-21-14-10-15-22-31)26-17-8-7-16-25-33(36)37-5-2/h9-10,12-15,19-22,32H,4-8,11,16-18,23-28H2,1-3H3. The highest BCUT2D eigenvalue weighted by molar-refractivity contribution is 5.88. The zero-order valence-corrected chi connectivity index (χ0v) is 24.1. The third-order valence-corrected chi connectivity index (χ3v) is 7.63. The van der Waals surface area contributed by atoms with Crippen molar-refractivity contribution >= 4 is 11.8 Å². The van der Waals surface area contributed by atoms with Crippen molar-refractivity contribution < 1.29 is 19.1 Å². The molecule has 0 radical (unpaired) electrons. The van der Waals surface area contributed by atoms with E-state index >= 15 is 0 Å². The molecule has 0 aliphatic carbocycles. The van der Waals surface area contributed by atoms with Crippen molar-refractivity contribution in [1.82, 2.24) is 0 Å². The first kappa shape index (κ1) is 31.8. The number of ether oxygens (including phenoxy) is 2. The van der Waals surface area contributed by atoms with Gasteiger partial charge in [0.2, 0.25) is 0 Å². The van der Waals surface area contributed by atoms with E-state index < -0.39 is 5.41 Å². The summed E-state index contributed by atoms with van der Waals surface area (Å²) in [5, 5.41) is 0. The van der Waals surface area contributed by atoms with Gasteiger partial charge < -0.3 is 9.47 Å². The summed E-state index contributed by atoms with van der Waals surface area (Å²) in [7, 11) is 0. The molecule has 0 saturated heterocycles. The highest BCUT2D eigenvalue weighted by atomic mass is 16.5. The second kappa shape index (κ2) is 18.7. The van der Waals surface area contributed by atoms with Crippen molar-refractivity contribution in [2.24, 2.45) is 0 Å². The van der Waals surface area contributed by atoms with Crippen LogP contribution in [-0.2, 0) is 31.1 Å². The SMILES string of the molecule is CCCCCC(CCCC(CCCCCCC(=O)OCC)(C(C)=O)c1ccccc1)OCc1ccccc1. The van der Waals surface area contributed by atoms with Gasteiger partial charge in [0.15, 0.2) is 0 Å². The van der Waals surface area contributed by atoms with E-state index in [2.05, 4.69) is 43.3 Å². The average Bonchev–Trinajstić information content (AvgIpc) is 2.93. The van der Waals surface area contributed by atoms with Crippen LogP contribution in [-0.4, -0.2) is 24.5 Å². The van der Waals surface area contributed by atoms with Gasteiger partial charge >= 0.3 is 5.97 Å². The molecule has 2 aromatic rings. The first-order valence-corrected chi connectivity index (χ1v) is 14.9. The van der Waals surface area contributed by atoms with Crippen LogP contribution in [0.25, 0.3) is 0 Å². The van der Waals surface area contributed by atoms with Crippen molar-refractivity contribution in [3.63, 3.8) is 0 Å². The maximum Gasteiger partial charge on any atom is 0.305 e. The maximum atomic E-state index is 13.3. The van der Waals surface area contributed by atoms with E-state index in [0.717, 1.165) is 63.4 Å². The molecule has 2 unspecified atom stereocenters. The van der Waals surface area contributed by atoms with Gasteiger partial charge in [-0.3, -0.25) is 9.59 Å². The molecule has 0 amide bonds. The summed E-state index contributed by atoms with van der Waals surface area (Å²) in [6.45, 7) is 6.91. The van der Waals surface area contributed by atoms with Crippen LogP contribution in [0.2, 0.25) is 0 Å². The van der Waals surface area contributed by atoms with Crippen LogP contribution < -0.4 is 0 Å². The molecule has 2 atom stereocenters. The molecule has 0 aliphatic rings. The third kappa shape index (κ3) is 11.5. The van der Waals surface area contributed by atoms with E-state index in [1.807, 2.05) is 31.2 Å². The molecule has 0 saturated carbocycles. The predicted molar refractivity (Wildman–Crippen MR) is 156 cm³/mol. The number of Topliss-reactive ketones (excluding diaryl/α,β-unsaturated/α-hetero) is 1. The quantitative estimate of drug-likeness (QED) is 0.121. The van der Waals surface area contributed by atoms with Crippen molar-refractivity contribution in [2.75, 3.05) is 6.61 Å². The van der Waals surface area contributed by atoms with E-state index in [0.29, 0.717) is 19.6 Å². The van der Waals surface area contributed by atoms with Gasteiger partial charge in [-0.05, 0) is 63.5 Å². The van der Waals surface area contributed by atoms with E-state index in [4.69, 9.17) is 9.47 Å². The summed E-state index contributed by atoms with van der Waals surface area (Å²) in [6, 6.07) is 20.7. The largest absolute Gasteiger partial charge is 0.466 e.